The summed E-state index contributed by atoms with van der Waals surface area (Å²) < 4.78 is 10.3. The number of nitrogens with zero attached hydrogens (tertiary/aromatic N) is 1. The van der Waals surface area contributed by atoms with Crippen molar-refractivity contribution in [3.63, 3.8) is 0 Å². The van der Waals surface area contributed by atoms with E-state index >= 15 is 0 Å². The summed E-state index contributed by atoms with van der Waals surface area (Å²) in [6.07, 6.45) is 0.734. The number of hydrogen-bond acceptors (Lipinski definition) is 9. The highest BCUT2D eigenvalue weighted by Crippen LogP contribution is 2.26. The van der Waals surface area contributed by atoms with Gasteiger partial charge in [-0.25, -0.2) is 0 Å². The van der Waals surface area contributed by atoms with Gasteiger partial charge in [-0.1, -0.05) is 35.4 Å². The zero-order valence-electron chi connectivity index (χ0n) is 19.3. The molecule has 0 aromatic carbocycles. The number of rotatable bonds is 13. The number of carbonyl (C=O) groups excluding carboxylic acids is 4. The summed E-state index contributed by atoms with van der Waals surface area (Å²) in [5.74, 6) is -1.79. The Balaban J connectivity index is 0.00000436. The molecule has 0 spiro atoms. The first kappa shape index (κ1) is 29.7. The average Bonchev–Trinajstić information content (AvgIpc) is 2.97. The van der Waals surface area contributed by atoms with Gasteiger partial charge in [0.25, 0.3) is 0 Å². The number of aliphatic hydroxyl groups is 1. The van der Waals surface area contributed by atoms with E-state index < -0.39 is 17.2 Å². The average molecular weight is 481 g/mol. The number of ether oxygens (including phenoxy) is 2. The van der Waals surface area contributed by atoms with Gasteiger partial charge < -0.3 is 19.9 Å². The highest BCUT2D eigenvalue weighted by Gasteiger charge is 2.32. The summed E-state index contributed by atoms with van der Waals surface area (Å²) in [5, 5.41) is 13.1. The third-order valence-electron chi connectivity index (χ3n) is 3.96. The lowest BCUT2D eigenvalue weighted by molar-refractivity contribution is -0.174. The molecule has 3 amide bonds. The van der Waals surface area contributed by atoms with Crippen LogP contribution in [0.25, 0.3) is 0 Å². The van der Waals surface area contributed by atoms with Crippen LogP contribution in [0.1, 0.15) is 60.8 Å². The van der Waals surface area contributed by atoms with E-state index in [1.54, 1.807) is 20.8 Å². The first-order valence-electron chi connectivity index (χ1n) is 10.3. The molecule has 1 fully saturated rings. The van der Waals surface area contributed by atoms with E-state index in [1.807, 2.05) is 13.8 Å². The SMILES string of the molecule is CC.CC(=O)OCCSSCC(C)(O)OCCC(C)(C)NC(=O)CN1C(=O)CCC1=O. The third-order valence-corrected chi connectivity index (χ3v) is 6.46. The topological polar surface area (TPSA) is 122 Å². The largest absolute Gasteiger partial charge is 0.465 e. The van der Waals surface area contributed by atoms with Crippen LogP contribution in [0.4, 0.5) is 0 Å². The lowest BCUT2D eigenvalue weighted by Gasteiger charge is -2.29. The quantitative estimate of drug-likeness (QED) is 0.134. The summed E-state index contributed by atoms with van der Waals surface area (Å²) in [5.41, 5.74) is -0.634. The first-order valence-corrected chi connectivity index (χ1v) is 12.8. The normalized spacial score (nSPS) is 15.8. The Bertz CT molecular complexity index is 596. The predicted octanol–water partition coefficient (Wildman–Crippen LogP) is 2.12. The van der Waals surface area contributed by atoms with Crippen LogP contribution in [0.15, 0.2) is 0 Å². The number of hydrogen-bond donors (Lipinski definition) is 2. The summed E-state index contributed by atoms with van der Waals surface area (Å²) in [6, 6.07) is 0. The minimum atomic E-state index is -1.34. The number of likely N-dealkylation sites (tertiary alicyclic amines) is 1. The second-order valence-electron chi connectivity index (χ2n) is 7.50. The molecule has 0 bridgehead atoms. The van der Waals surface area contributed by atoms with Gasteiger partial charge in [-0.3, -0.25) is 24.1 Å². The summed E-state index contributed by atoms with van der Waals surface area (Å²) >= 11 is 0. The number of amides is 3. The molecular formula is C20H36N2O7S2. The standard InChI is InChI=1S/C18H30N2O7S2.C2H6/c1-13(21)26-9-10-28-29-12-18(4,25)27-8-7-17(2,3)19-14(22)11-20-15(23)5-6-16(20)24;1-2/h25H,5-12H2,1-4H3,(H,19,22);1-2H3. The van der Waals surface area contributed by atoms with E-state index in [0.29, 0.717) is 24.5 Å². The fourth-order valence-electron chi connectivity index (χ4n) is 2.42. The molecule has 31 heavy (non-hydrogen) atoms. The third kappa shape index (κ3) is 13.7. The minimum Gasteiger partial charge on any atom is -0.465 e. The van der Waals surface area contributed by atoms with Gasteiger partial charge in [-0.2, -0.15) is 0 Å². The van der Waals surface area contributed by atoms with Crippen LogP contribution >= 0.6 is 21.6 Å². The summed E-state index contributed by atoms with van der Waals surface area (Å²) in [7, 11) is 2.88. The molecule has 180 valence electrons. The van der Waals surface area contributed by atoms with E-state index in [4.69, 9.17) is 9.47 Å². The van der Waals surface area contributed by atoms with Crippen molar-refractivity contribution in [2.75, 3.05) is 31.3 Å². The monoisotopic (exact) mass is 480 g/mol. The Labute approximate surface area is 192 Å². The maximum Gasteiger partial charge on any atom is 0.302 e. The summed E-state index contributed by atoms with van der Waals surface area (Å²) in [6.45, 7) is 10.8. The fourth-order valence-corrected chi connectivity index (χ4v) is 4.54. The minimum absolute atomic E-state index is 0.151. The van der Waals surface area contributed by atoms with Gasteiger partial charge in [-0.15, -0.1) is 0 Å². The molecule has 9 nitrogen and oxygen atoms in total. The molecule has 2 N–H and O–H groups in total. The van der Waals surface area contributed by atoms with Gasteiger partial charge in [0.1, 0.15) is 13.2 Å². The van der Waals surface area contributed by atoms with Crippen molar-refractivity contribution in [3.05, 3.63) is 0 Å². The molecule has 1 aliphatic rings. The second kappa shape index (κ2) is 14.7. The molecule has 1 aliphatic heterocycles. The predicted molar refractivity (Wildman–Crippen MR) is 122 cm³/mol. The van der Waals surface area contributed by atoms with Crippen LogP contribution in [0.2, 0.25) is 0 Å². The van der Waals surface area contributed by atoms with E-state index in [2.05, 4.69) is 5.32 Å². The lowest BCUT2D eigenvalue weighted by Crippen LogP contribution is -2.49. The Morgan fingerprint density at radius 2 is 1.68 bits per heavy atom. The molecule has 1 unspecified atom stereocenters. The van der Waals surface area contributed by atoms with Crippen molar-refractivity contribution in [2.45, 2.75) is 72.1 Å². The van der Waals surface area contributed by atoms with Crippen LogP contribution in [-0.2, 0) is 28.7 Å². The van der Waals surface area contributed by atoms with Gasteiger partial charge in [0.2, 0.25) is 17.7 Å². The van der Waals surface area contributed by atoms with Crippen LogP contribution in [-0.4, -0.2) is 76.3 Å². The Morgan fingerprint density at radius 3 is 2.23 bits per heavy atom. The van der Waals surface area contributed by atoms with Crippen molar-refractivity contribution >= 4 is 45.3 Å². The Morgan fingerprint density at radius 1 is 1.10 bits per heavy atom. The van der Waals surface area contributed by atoms with Crippen LogP contribution in [0, 0.1) is 0 Å². The van der Waals surface area contributed by atoms with Gasteiger partial charge >= 0.3 is 5.97 Å². The summed E-state index contributed by atoms with van der Waals surface area (Å²) in [4.78, 5) is 47.0. The first-order chi connectivity index (χ1) is 14.4. The Kier molecular flexibility index (Phi) is 14.1. The number of carbonyl (C=O) groups is 4. The highest BCUT2D eigenvalue weighted by molar-refractivity contribution is 8.76. The molecular weight excluding hydrogens is 444 g/mol. The van der Waals surface area contributed by atoms with Gasteiger partial charge in [0.15, 0.2) is 5.79 Å². The van der Waals surface area contributed by atoms with Gasteiger partial charge in [0.05, 0.1) is 12.4 Å². The van der Waals surface area contributed by atoms with Gasteiger partial charge in [-0.05, 0) is 27.2 Å². The smallest absolute Gasteiger partial charge is 0.302 e. The molecule has 0 saturated carbocycles. The molecule has 0 aromatic heterocycles. The van der Waals surface area contributed by atoms with Crippen LogP contribution in [0.3, 0.4) is 0 Å². The lowest BCUT2D eigenvalue weighted by atomic mass is 10.0. The maximum atomic E-state index is 12.2. The second-order valence-corrected chi connectivity index (χ2v) is 10.1. The molecule has 0 radical (unpaired) electrons. The highest BCUT2D eigenvalue weighted by atomic mass is 33.1. The van der Waals surface area contributed by atoms with Crippen molar-refractivity contribution in [2.24, 2.45) is 0 Å². The molecule has 1 atom stereocenters. The van der Waals surface area contributed by atoms with E-state index in [9.17, 15) is 24.3 Å². The van der Waals surface area contributed by atoms with Crippen molar-refractivity contribution in [1.29, 1.82) is 0 Å². The van der Waals surface area contributed by atoms with Crippen LogP contribution < -0.4 is 5.32 Å². The number of esters is 1. The number of imide groups is 1. The van der Waals surface area contributed by atoms with Crippen molar-refractivity contribution < 1.29 is 33.8 Å². The van der Waals surface area contributed by atoms with Crippen molar-refractivity contribution in [3.8, 4) is 0 Å². The van der Waals surface area contributed by atoms with Crippen LogP contribution in [0.5, 0.6) is 0 Å². The molecule has 0 aliphatic carbocycles. The molecule has 1 rings (SSSR count). The van der Waals surface area contributed by atoms with E-state index in [1.165, 1.54) is 28.5 Å². The van der Waals surface area contributed by atoms with Crippen molar-refractivity contribution in [1.82, 2.24) is 10.2 Å². The molecule has 1 heterocycles. The zero-order chi connectivity index (χ0) is 24.1. The van der Waals surface area contributed by atoms with E-state index in [-0.39, 0.29) is 43.8 Å². The van der Waals surface area contributed by atoms with Gasteiger partial charge in [0, 0.05) is 31.1 Å². The van der Waals surface area contributed by atoms with E-state index in [0.717, 1.165) is 4.90 Å². The number of nitrogens with one attached hydrogen (secondary N) is 1. The maximum absolute atomic E-state index is 12.2. The zero-order valence-corrected chi connectivity index (χ0v) is 21.0. The fraction of sp³-hybridized carbons (Fsp3) is 0.800. The molecule has 0 aromatic rings. The Hall–Kier alpha value is -1.30. The molecule has 1 saturated heterocycles. The molecule has 11 heteroatoms.